The highest BCUT2D eigenvalue weighted by molar-refractivity contribution is 5.71. The number of aliphatic hydroxyl groups excluding tert-OH is 2. The average Bonchev–Trinajstić information content (AvgIpc) is 2.21. The summed E-state index contributed by atoms with van der Waals surface area (Å²) in [5.41, 5.74) is 0. The van der Waals surface area contributed by atoms with Gasteiger partial charge in [0, 0.05) is 19.0 Å². The van der Waals surface area contributed by atoms with Gasteiger partial charge in [-0.3, -0.25) is 10.3 Å². The SMILES string of the molecule is OCCNC(CO)N1C=CC=NC1. The van der Waals surface area contributed by atoms with Crippen LogP contribution in [0.2, 0.25) is 0 Å². The van der Waals surface area contributed by atoms with Gasteiger partial charge in [-0.2, -0.15) is 0 Å². The van der Waals surface area contributed by atoms with E-state index in [1.165, 1.54) is 0 Å². The Kier molecular flexibility index (Phi) is 4.45. The third-order valence-corrected chi connectivity index (χ3v) is 1.78. The van der Waals surface area contributed by atoms with Gasteiger partial charge >= 0.3 is 0 Å². The number of rotatable bonds is 5. The maximum atomic E-state index is 9.03. The van der Waals surface area contributed by atoms with Crippen LogP contribution in [0.15, 0.2) is 17.3 Å². The number of nitrogens with zero attached hydrogens (tertiary/aromatic N) is 2. The van der Waals surface area contributed by atoms with Crippen molar-refractivity contribution in [3.05, 3.63) is 12.3 Å². The van der Waals surface area contributed by atoms with Crippen molar-refractivity contribution in [2.75, 3.05) is 26.4 Å². The van der Waals surface area contributed by atoms with Crippen LogP contribution in [0, 0.1) is 0 Å². The van der Waals surface area contributed by atoms with E-state index in [1.54, 1.807) is 6.21 Å². The summed E-state index contributed by atoms with van der Waals surface area (Å²) in [4.78, 5) is 5.91. The minimum Gasteiger partial charge on any atom is -0.395 e. The van der Waals surface area contributed by atoms with E-state index in [4.69, 9.17) is 10.2 Å². The van der Waals surface area contributed by atoms with Crippen LogP contribution in [0.4, 0.5) is 0 Å². The molecule has 0 aromatic rings. The molecule has 0 bridgehead atoms. The van der Waals surface area contributed by atoms with Gasteiger partial charge < -0.3 is 15.1 Å². The number of hydrogen-bond donors (Lipinski definition) is 3. The molecule has 13 heavy (non-hydrogen) atoms. The molecule has 0 amide bonds. The molecule has 1 aliphatic rings. The van der Waals surface area contributed by atoms with E-state index in [0.29, 0.717) is 13.2 Å². The molecule has 5 heteroatoms. The van der Waals surface area contributed by atoms with Crippen molar-refractivity contribution >= 4 is 6.21 Å². The average molecular weight is 185 g/mol. The fourth-order valence-electron chi connectivity index (χ4n) is 1.12. The van der Waals surface area contributed by atoms with Crippen molar-refractivity contribution in [3.63, 3.8) is 0 Å². The molecule has 0 saturated carbocycles. The van der Waals surface area contributed by atoms with E-state index in [1.807, 2.05) is 17.2 Å². The molecule has 5 nitrogen and oxygen atoms in total. The second-order valence-corrected chi connectivity index (χ2v) is 2.70. The van der Waals surface area contributed by atoms with Crippen molar-refractivity contribution in [2.24, 2.45) is 4.99 Å². The second kappa shape index (κ2) is 5.69. The molecule has 0 aliphatic carbocycles. The van der Waals surface area contributed by atoms with Crippen LogP contribution in [-0.2, 0) is 0 Å². The van der Waals surface area contributed by atoms with Crippen LogP contribution in [0.1, 0.15) is 0 Å². The predicted octanol–water partition coefficient (Wildman–Crippen LogP) is -1.26. The van der Waals surface area contributed by atoms with Gasteiger partial charge in [-0.05, 0) is 6.08 Å². The van der Waals surface area contributed by atoms with E-state index >= 15 is 0 Å². The Labute approximate surface area is 77.4 Å². The molecular formula is C8H15N3O2. The predicted molar refractivity (Wildman–Crippen MR) is 50.3 cm³/mol. The molecule has 0 aromatic heterocycles. The third kappa shape index (κ3) is 3.14. The minimum absolute atomic E-state index is 0.000139. The fraction of sp³-hybridized carbons (Fsp3) is 0.625. The van der Waals surface area contributed by atoms with Crippen LogP contribution in [0.25, 0.3) is 0 Å². The molecule has 1 rings (SSSR count). The summed E-state index contributed by atoms with van der Waals surface area (Å²) in [6.07, 6.45) is 5.23. The minimum atomic E-state index is -0.166. The summed E-state index contributed by atoms with van der Waals surface area (Å²) in [7, 11) is 0. The Morgan fingerprint density at radius 3 is 2.92 bits per heavy atom. The molecule has 1 heterocycles. The molecule has 1 aliphatic heterocycles. The first kappa shape index (κ1) is 10.2. The summed E-state index contributed by atoms with van der Waals surface area (Å²) in [6, 6.07) is 0. The number of aliphatic imine (C=N–C) groups is 1. The van der Waals surface area contributed by atoms with Crippen molar-refractivity contribution in [1.82, 2.24) is 10.2 Å². The number of aliphatic hydroxyl groups is 2. The Morgan fingerprint density at radius 2 is 2.38 bits per heavy atom. The van der Waals surface area contributed by atoms with Crippen molar-refractivity contribution in [2.45, 2.75) is 6.17 Å². The monoisotopic (exact) mass is 185 g/mol. The highest BCUT2D eigenvalue weighted by Gasteiger charge is 2.13. The first-order valence-corrected chi connectivity index (χ1v) is 4.26. The summed E-state index contributed by atoms with van der Waals surface area (Å²) in [5.74, 6) is 0. The van der Waals surface area contributed by atoms with E-state index in [2.05, 4.69) is 10.3 Å². The molecule has 74 valence electrons. The van der Waals surface area contributed by atoms with Crippen molar-refractivity contribution in [3.8, 4) is 0 Å². The third-order valence-electron chi connectivity index (χ3n) is 1.78. The van der Waals surface area contributed by atoms with Crippen LogP contribution in [0.3, 0.4) is 0 Å². The van der Waals surface area contributed by atoms with Crippen LogP contribution in [0.5, 0.6) is 0 Å². The van der Waals surface area contributed by atoms with Crippen LogP contribution >= 0.6 is 0 Å². The smallest absolute Gasteiger partial charge is 0.111 e. The topological polar surface area (TPSA) is 68.1 Å². The quantitative estimate of drug-likeness (QED) is 0.500. The van der Waals surface area contributed by atoms with Crippen LogP contribution < -0.4 is 5.32 Å². The van der Waals surface area contributed by atoms with Crippen molar-refractivity contribution in [1.29, 1.82) is 0 Å². The highest BCUT2D eigenvalue weighted by atomic mass is 16.3. The van der Waals surface area contributed by atoms with Gasteiger partial charge in [0.15, 0.2) is 0 Å². The zero-order valence-corrected chi connectivity index (χ0v) is 7.43. The first-order valence-electron chi connectivity index (χ1n) is 4.26. The summed E-state index contributed by atoms with van der Waals surface area (Å²) >= 11 is 0. The zero-order chi connectivity index (χ0) is 9.52. The largest absolute Gasteiger partial charge is 0.395 e. The molecule has 1 unspecified atom stereocenters. The van der Waals surface area contributed by atoms with E-state index in [-0.39, 0.29) is 19.4 Å². The summed E-state index contributed by atoms with van der Waals surface area (Å²) < 4.78 is 0. The van der Waals surface area contributed by atoms with Gasteiger partial charge in [0.25, 0.3) is 0 Å². The van der Waals surface area contributed by atoms with Gasteiger partial charge in [-0.15, -0.1) is 0 Å². The van der Waals surface area contributed by atoms with E-state index in [9.17, 15) is 0 Å². The Hall–Kier alpha value is -0.910. The zero-order valence-electron chi connectivity index (χ0n) is 7.43. The number of hydrogen-bond acceptors (Lipinski definition) is 5. The lowest BCUT2D eigenvalue weighted by Crippen LogP contribution is -2.47. The van der Waals surface area contributed by atoms with E-state index in [0.717, 1.165) is 0 Å². The van der Waals surface area contributed by atoms with Crippen molar-refractivity contribution < 1.29 is 10.2 Å². The molecule has 3 N–H and O–H groups in total. The summed E-state index contributed by atoms with van der Waals surface area (Å²) in [5, 5.41) is 20.6. The Balaban J connectivity index is 2.36. The maximum Gasteiger partial charge on any atom is 0.111 e. The van der Waals surface area contributed by atoms with Gasteiger partial charge in [0.05, 0.1) is 13.2 Å². The van der Waals surface area contributed by atoms with Gasteiger partial charge in [-0.25, -0.2) is 0 Å². The fourth-order valence-corrected chi connectivity index (χ4v) is 1.12. The van der Waals surface area contributed by atoms with Gasteiger partial charge in [-0.1, -0.05) is 0 Å². The lowest BCUT2D eigenvalue weighted by Gasteiger charge is -2.29. The molecule has 0 aromatic carbocycles. The molecule has 0 spiro atoms. The van der Waals surface area contributed by atoms with Crippen LogP contribution in [-0.4, -0.2) is 53.9 Å². The molecule has 0 radical (unpaired) electrons. The first-order chi connectivity index (χ1) is 6.38. The highest BCUT2D eigenvalue weighted by Crippen LogP contribution is 2.00. The number of nitrogens with one attached hydrogen (secondary N) is 1. The summed E-state index contributed by atoms with van der Waals surface area (Å²) in [6.45, 7) is 1.08. The molecule has 1 atom stereocenters. The normalized spacial score (nSPS) is 17.8. The molecular weight excluding hydrogens is 170 g/mol. The lowest BCUT2D eigenvalue weighted by atomic mass is 10.4. The standard InChI is InChI=1S/C8H15N3O2/c12-5-3-10-8(6-13)11-4-1-2-9-7-11/h1-2,4,8,10,12-13H,3,5-7H2. The van der Waals surface area contributed by atoms with Gasteiger partial charge in [0.2, 0.25) is 0 Å². The maximum absolute atomic E-state index is 9.03. The Bertz CT molecular complexity index is 194. The molecule has 0 fully saturated rings. The second-order valence-electron chi connectivity index (χ2n) is 2.70. The Morgan fingerprint density at radius 1 is 1.54 bits per heavy atom. The molecule has 0 saturated heterocycles. The van der Waals surface area contributed by atoms with Gasteiger partial charge in [0.1, 0.15) is 12.8 Å². The number of allylic oxidation sites excluding steroid dienone is 1. The lowest BCUT2D eigenvalue weighted by molar-refractivity contribution is 0.132. The van der Waals surface area contributed by atoms with E-state index < -0.39 is 0 Å².